The van der Waals surface area contributed by atoms with Crippen LogP contribution in [0.15, 0.2) is 42.5 Å². The Balaban J connectivity index is 1.36. The van der Waals surface area contributed by atoms with Gasteiger partial charge in [-0.15, -0.1) is 11.3 Å². The van der Waals surface area contributed by atoms with Gasteiger partial charge in [-0.25, -0.2) is 0 Å². The number of carbonyl (C=O) groups excluding carboxylic acids is 1. The van der Waals surface area contributed by atoms with Crippen molar-refractivity contribution in [1.29, 1.82) is 0 Å². The zero-order valence-corrected chi connectivity index (χ0v) is 16.8. The molecule has 0 radical (unpaired) electrons. The minimum atomic E-state index is 0.154. The maximum atomic E-state index is 12.3. The number of nitrogens with one attached hydrogen (secondary N) is 3. The molecular formula is C20H28ClN3OS+2. The number of rotatable bonds is 7. The normalized spacial score (nSPS) is 21.3. The van der Waals surface area contributed by atoms with Crippen LogP contribution in [0.4, 0.5) is 0 Å². The molecule has 6 heteroatoms. The molecule has 1 aliphatic heterocycles. The van der Waals surface area contributed by atoms with E-state index in [1.807, 2.05) is 12.1 Å². The maximum Gasteiger partial charge on any atom is 0.275 e. The highest BCUT2D eigenvalue weighted by molar-refractivity contribution is 7.16. The van der Waals surface area contributed by atoms with Gasteiger partial charge in [0.05, 0.1) is 29.4 Å². The second-order valence-electron chi connectivity index (χ2n) is 7.27. The summed E-state index contributed by atoms with van der Waals surface area (Å²) in [5, 5.41) is 3.23. The number of amides is 1. The van der Waals surface area contributed by atoms with Gasteiger partial charge in [-0.3, -0.25) is 4.79 Å². The number of thiophene rings is 1. The molecule has 0 saturated carbocycles. The zero-order valence-electron chi connectivity index (χ0n) is 15.3. The van der Waals surface area contributed by atoms with Crippen molar-refractivity contribution >= 4 is 28.8 Å². The molecule has 3 N–H and O–H groups in total. The first-order valence-corrected chi connectivity index (χ1v) is 10.5. The van der Waals surface area contributed by atoms with E-state index in [-0.39, 0.29) is 5.91 Å². The van der Waals surface area contributed by atoms with Gasteiger partial charge in [0, 0.05) is 24.4 Å². The van der Waals surface area contributed by atoms with Crippen LogP contribution in [0, 0.1) is 0 Å². The molecule has 0 aliphatic carbocycles. The number of likely N-dealkylation sites (N-methyl/N-ethyl adjacent to an activating group) is 1. The average molecular weight is 394 g/mol. The summed E-state index contributed by atoms with van der Waals surface area (Å²) in [5.74, 6) is 0.154. The average Bonchev–Trinajstić information content (AvgIpc) is 3.02. The molecule has 3 rings (SSSR count). The molecule has 2 aromatic rings. The fourth-order valence-electron chi connectivity index (χ4n) is 3.59. The van der Waals surface area contributed by atoms with Gasteiger partial charge in [0.2, 0.25) is 0 Å². The van der Waals surface area contributed by atoms with Gasteiger partial charge in [-0.1, -0.05) is 41.9 Å². The summed E-state index contributed by atoms with van der Waals surface area (Å²) in [4.78, 5) is 16.3. The highest BCUT2D eigenvalue weighted by atomic mass is 35.5. The van der Waals surface area contributed by atoms with E-state index in [0.29, 0.717) is 12.6 Å². The predicted octanol–water partition coefficient (Wildman–Crippen LogP) is 0.780. The van der Waals surface area contributed by atoms with E-state index in [2.05, 4.69) is 42.7 Å². The van der Waals surface area contributed by atoms with Crippen LogP contribution in [0.25, 0.3) is 0 Å². The molecule has 1 atom stereocenters. The van der Waals surface area contributed by atoms with E-state index in [0.717, 1.165) is 43.4 Å². The van der Waals surface area contributed by atoms with Crippen molar-refractivity contribution in [3.8, 4) is 0 Å². The number of hydrogen-bond acceptors (Lipinski definition) is 2. The van der Waals surface area contributed by atoms with E-state index >= 15 is 0 Å². The number of quaternary nitrogens is 2. The minimum absolute atomic E-state index is 0.154. The van der Waals surface area contributed by atoms with Crippen LogP contribution in [0.3, 0.4) is 0 Å². The number of hydrogen-bond donors (Lipinski definition) is 3. The Hall–Kier alpha value is -1.40. The second-order valence-corrected chi connectivity index (χ2v) is 9.07. The van der Waals surface area contributed by atoms with E-state index in [9.17, 15) is 4.79 Å². The van der Waals surface area contributed by atoms with Crippen LogP contribution in [0.5, 0.6) is 0 Å². The topological polar surface area (TPSA) is 38.0 Å². The Morgan fingerprint density at radius 1 is 1.23 bits per heavy atom. The number of halogens is 1. The van der Waals surface area contributed by atoms with E-state index in [1.54, 1.807) is 16.2 Å². The van der Waals surface area contributed by atoms with Gasteiger partial charge in [-0.05, 0) is 12.1 Å². The SMILES string of the molecule is C[NH+](CC(=O)NC1CC[NH+](Cc2ccccc2)CC1)Cc1ccc(Cl)s1. The molecule has 140 valence electrons. The third-order valence-electron chi connectivity index (χ3n) is 4.92. The summed E-state index contributed by atoms with van der Waals surface area (Å²) < 4.78 is 0.807. The number of benzene rings is 1. The van der Waals surface area contributed by atoms with Crippen molar-refractivity contribution < 1.29 is 14.6 Å². The lowest BCUT2D eigenvalue weighted by molar-refractivity contribution is -0.918. The largest absolute Gasteiger partial charge is 0.348 e. The summed E-state index contributed by atoms with van der Waals surface area (Å²) in [6, 6.07) is 14.9. The van der Waals surface area contributed by atoms with Crippen LogP contribution >= 0.6 is 22.9 Å². The van der Waals surface area contributed by atoms with Crippen LogP contribution in [0.2, 0.25) is 4.34 Å². The molecular weight excluding hydrogens is 366 g/mol. The first-order chi connectivity index (χ1) is 12.6. The lowest BCUT2D eigenvalue weighted by atomic mass is 10.0. The highest BCUT2D eigenvalue weighted by Gasteiger charge is 2.24. The van der Waals surface area contributed by atoms with E-state index in [1.165, 1.54) is 15.3 Å². The summed E-state index contributed by atoms with van der Waals surface area (Å²) in [6.45, 7) is 4.67. The molecule has 1 saturated heterocycles. The lowest BCUT2D eigenvalue weighted by Crippen LogP contribution is -3.12. The van der Waals surface area contributed by atoms with Gasteiger partial charge < -0.3 is 15.1 Å². The predicted molar refractivity (Wildman–Crippen MR) is 107 cm³/mol. The molecule has 1 aliphatic rings. The van der Waals surface area contributed by atoms with Crippen molar-refractivity contribution in [3.05, 3.63) is 57.2 Å². The zero-order chi connectivity index (χ0) is 18.4. The van der Waals surface area contributed by atoms with Gasteiger partial charge in [-0.2, -0.15) is 0 Å². The summed E-state index contributed by atoms with van der Waals surface area (Å²) in [5.41, 5.74) is 1.39. The van der Waals surface area contributed by atoms with Crippen molar-refractivity contribution in [2.24, 2.45) is 0 Å². The fourth-order valence-corrected chi connectivity index (χ4v) is 4.79. The van der Waals surface area contributed by atoms with Crippen LogP contribution < -0.4 is 15.1 Å². The number of carbonyl (C=O) groups is 1. The number of piperidine rings is 1. The van der Waals surface area contributed by atoms with Crippen LogP contribution in [0.1, 0.15) is 23.3 Å². The van der Waals surface area contributed by atoms with E-state index < -0.39 is 0 Å². The molecule has 1 aromatic carbocycles. The standard InChI is InChI=1S/C20H26ClN3OS/c1-23(14-18-7-8-19(21)26-18)15-20(25)22-17-9-11-24(12-10-17)13-16-5-3-2-4-6-16/h2-8,17H,9-15H2,1H3,(H,22,25)/p+2. The van der Waals surface area contributed by atoms with Crippen molar-refractivity contribution in [2.75, 3.05) is 26.7 Å². The first kappa shape index (κ1) is 19.4. The molecule has 26 heavy (non-hydrogen) atoms. The number of likely N-dealkylation sites (tertiary alicyclic amines) is 1. The van der Waals surface area contributed by atoms with Crippen LogP contribution in [-0.4, -0.2) is 38.6 Å². The molecule has 0 spiro atoms. The molecule has 1 amide bonds. The van der Waals surface area contributed by atoms with Crippen molar-refractivity contribution in [3.63, 3.8) is 0 Å². The molecule has 1 aromatic heterocycles. The summed E-state index contributed by atoms with van der Waals surface area (Å²) in [6.07, 6.45) is 2.13. The lowest BCUT2D eigenvalue weighted by Gasteiger charge is -2.30. The van der Waals surface area contributed by atoms with Crippen LogP contribution in [-0.2, 0) is 17.9 Å². The van der Waals surface area contributed by atoms with Crippen molar-refractivity contribution in [2.45, 2.75) is 32.0 Å². The molecule has 0 bridgehead atoms. The fraction of sp³-hybridized carbons (Fsp3) is 0.450. The summed E-state index contributed by atoms with van der Waals surface area (Å²) in [7, 11) is 2.06. The second kappa shape index (κ2) is 9.51. The van der Waals surface area contributed by atoms with Gasteiger partial charge in [0.25, 0.3) is 5.91 Å². The quantitative estimate of drug-likeness (QED) is 0.639. The molecule has 4 nitrogen and oxygen atoms in total. The monoisotopic (exact) mass is 393 g/mol. The third-order valence-corrected chi connectivity index (χ3v) is 6.15. The van der Waals surface area contributed by atoms with E-state index in [4.69, 9.17) is 11.6 Å². The third kappa shape index (κ3) is 6.09. The molecule has 1 unspecified atom stereocenters. The highest BCUT2D eigenvalue weighted by Crippen LogP contribution is 2.20. The summed E-state index contributed by atoms with van der Waals surface area (Å²) >= 11 is 7.56. The smallest absolute Gasteiger partial charge is 0.275 e. The van der Waals surface area contributed by atoms with Gasteiger partial charge in [0.15, 0.2) is 6.54 Å². The maximum absolute atomic E-state index is 12.3. The Morgan fingerprint density at radius 3 is 2.62 bits per heavy atom. The Morgan fingerprint density at radius 2 is 1.96 bits per heavy atom. The van der Waals surface area contributed by atoms with Gasteiger partial charge >= 0.3 is 0 Å². The van der Waals surface area contributed by atoms with Gasteiger partial charge in [0.1, 0.15) is 13.1 Å². The molecule has 1 fully saturated rings. The Labute approximate surface area is 164 Å². The molecule has 2 heterocycles. The Kier molecular flexibility index (Phi) is 7.08. The van der Waals surface area contributed by atoms with Crippen molar-refractivity contribution in [1.82, 2.24) is 5.32 Å². The first-order valence-electron chi connectivity index (χ1n) is 9.31. The Bertz CT molecular complexity index is 698. The minimum Gasteiger partial charge on any atom is -0.348 e.